The fraction of sp³-hybridized carbons (Fsp3) is 0.357. The van der Waals surface area contributed by atoms with Crippen molar-refractivity contribution < 1.29 is 8.42 Å². The fourth-order valence-corrected chi connectivity index (χ4v) is 3.96. The van der Waals surface area contributed by atoms with E-state index in [1.807, 2.05) is 30.3 Å². The van der Waals surface area contributed by atoms with Gasteiger partial charge in [0.25, 0.3) is 0 Å². The van der Waals surface area contributed by atoms with E-state index in [0.717, 1.165) is 22.4 Å². The predicted octanol–water partition coefficient (Wildman–Crippen LogP) is 1.81. The van der Waals surface area contributed by atoms with Crippen LogP contribution in [0.25, 0.3) is 10.9 Å². The largest absolute Gasteiger partial charge is 0.399 e. The van der Waals surface area contributed by atoms with Crippen LogP contribution in [0, 0.1) is 0 Å². The van der Waals surface area contributed by atoms with Crippen LogP contribution < -0.4 is 11.1 Å². The number of nitrogens with two attached hydrogens (primary N) is 1. The van der Waals surface area contributed by atoms with Crippen molar-refractivity contribution in [3.05, 3.63) is 30.3 Å². The lowest BCUT2D eigenvalue weighted by molar-refractivity contribution is 0.559. The van der Waals surface area contributed by atoms with Crippen molar-refractivity contribution in [2.24, 2.45) is 0 Å². The molecule has 1 saturated heterocycles. The van der Waals surface area contributed by atoms with E-state index in [4.69, 9.17) is 5.73 Å². The molecule has 0 radical (unpaired) electrons. The maximum absolute atomic E-state index is 11.4. The first-order chi connectivity index (χ1) is 9.52. The summed E-state index contributed by atoms with van der Waals surface area (Å²) in [5, 5.41) is 4.32. The molecule has 5 nitrogen and oxygen atoms in total. The molecular weight excluding hydrogens is 274 g/mol. The van der Waals surface area contributed by atoms with Gasteiger partial charge in [-0.25, -0.2) is 13.4 Å². The van der Waals surface area contributed by atoms with Crippen LogP contribution in [0.15, 0.2) is 30.3 Å². The van der Waals surface area contributed by atoms with E-state index in [0.29, 0.717) is 12.8 Å². The molecule has 0 spiro atoms. The average molecular weight is 291 g/mol. The van der Waals surface area contributed by atoms with Gasteiger partial charge in [0.15, 0.2) is 0 Å². The number of aromatic nitrogens is 1. The highest BCUT2D eigenvalue weighted by Gasteiger charge is 2.23. The predicted molar refractivity (Wildman–Crippen MR) is 81.5 cm³/mol. The van der Waals surface area contributed by atoms with Crippen molar-refractivity contribution >= 4 is 32.2 Å². The topological polar surface area (TPSA) is 85.1 Å². The molecule has 3 rings (SSSR count). The van der Waals surface area contributed by atoms with E-state index in [1.165, 1.54) is 0 Å². The first-order valence-corrected chi connectivity index (χ1v) is 8.47. The highest BCUT2D eigenvalue weighted by atomic mass is 32.2. The Morgan fingerprint density at radius 3 is 2.65 bits per heavy atom. The van der Waals surface area contributed by atoms with Crippen molar-refractivity contribution in [2.75, 3.05) is 22.6 Å². The minimum atomic E-state index is -2.82. The number of nitrogens with one attached hydrogen (secondary N) is 1. The summed E-state index contributed by atoms with van der Waals surface area (Å²) in [7, 11) is -2.82. The van der Waals surface area contributed by atoms with Gasteiger partial charge in [-0.15, -0.1) is 0 Å². The van der Waals surface area contributed by atoms with Crippen LogP contribution in [0.1, 0.15) is 12.8 Å². The third-order valence-corrected chi connectivity index (χ3v) is 5.34. The van der Waals surface area contributed by atoms with E-state index >= 15 is 0 Å². The second-order valence-electron chi connectivity index (χ2n) is 5.22. The van der Waals surface area contributed by atoms with Crippen LogP contribution in [-0.4, -0.2) is 30.9 Å². The smallest absolute Gasteiger partial charge is 0.150 e. The fourth-order valence-electron chi connectivity index (χ4n) is 2.47. The second kappa shape index (κ2) is 4.94. The molecule has 1 aliphatic heterocycles. The summed E-state index contributed by atoms with van der Waals surface area (Å²) < 4.78 is 22.8. The number of hydrogen-bond donors (Lipinski definition) is 2. The lowest BCUT2D eigenvalue weighted by Gasteiger charge is -2.23. The summed E-state index contributed by atoms with van der Waals surface area (Å²) >= 11 is 0. The van der Waals surface area contributed by atoms with E-state index in [-0.39, 0.29) is 17.5 Å². The molecule has 2 aromatic rings. The van der Waals surface area contributed by atoms with Gasteiger partial charge in [-0.1, -0.05) is 0 Å². The molecule has 0 amide bonds. The highest BCUT2D eigenvalue weighted by Crippen LogP contribution is 2.21. The van der Waals surface area contributed by atoms with Crippen molar-refractivity contribution in [1.29, 1.82) is 0 Å². The van der Waals surface area contributed by atoms with Crippen LogP contribution in [0.3, 0.4) is 0 Å². The van der Waals surface area contributed by atoms with Crippen LogP contribution in [0.2, 0.25) is 0 Å². The molecule has 0 bridgehead atoms. The summed E-state index contributed by atoms with van der Waals surface area (Å²) in [5.74, 6) is 1.30. The number of nitrogens with zero attached hydrogens (tertiary/aromatic N) is 1. The molecule has 20 heavy (non-hydrogen) atoms. The van der Waals surface area contributed by atoms with Gasteiger partial charge in [-0.05, 0) is 43.2 Å². The number of fused-ring (bicyclic) bond motifs is 1. The highest BCUT2D eigenvalue weighted by molar-refractivity contribution is 7.91. The lowest BCUT2D eigenvalue weighted by Crippen LogP contribution is -2.32. The molecule has 0 aliphatic carbocycles. The third-order valence-electron chi connectivity index (χ3n) is 3.62. The number of anilines is 2. The van der Waals surface area contributed by atoms with Crippen LogP contribution in [-0.2, 0) is 9.84 Å². The molecular formula is C14H17N3O2S. The molecule has 106 valence electrons. The standard InChI is InChI=1S/C14H17N3O2S/c15-11-2-3-13-10(9-11)1-4-14(17-13)16-12-5-7-20(18,19)8-6-12/h1-4,9,12H,5-8,15H2,(H,16,17). The second-order valence-corrected chi connectivity index (χ2v) is 7.52. The Morgan fingerprint density at radius 2 is 1.90 bits per heavy atom. The molecule has 0 unspecified atom stereocenters. The van der Waals surface area contributed by atoms with Crippen LogP contribution >= 0.6 is 0 Å². The van der Waals surface area contributed by atoms with Gasteiger partial charge in [0, 0.05) is 17.1 Å². The summed E-state index contributed by atoms with van der Waals surface area (Å²) in [6.07, 6.45) is 1.29. The van der Waals surface area contributed by atoms with E-state index in [2.05, 4.69) is 10.3 Å². The van der Waals surface area contributed by atoms with Crippen molar-refractivity contribution in [3.63, 3.8) is 0 Å². The first kappa shape index (κ1) is 13.2. The van der Waals surface area contributed by atoms with Crippen molar-refractivity contribution in [2.45, 2.75) is 18.9 Å². The average Bonchev–Trinajstić information content (AvgIpc) is 2.41. The maximum Gasteiger partial charge on any atom is 0.150 e. The Morgan fingerprint density at radius 1 is 1.15 bits per heavy atom. The molecule has 0 saturated carbocycles. The molecule has 0 atom stereocenters. The molecule has 1 aromatic heterocycles. The van der Waals surface area contributed by atoms with Gasteiger partial charge < -0.3 is 11.1 Å². The molecule has 1 aromatic carbocycles. The monoisotopic (exact) mass is 291 g/mol. The number of pyridine rings is 1. The van der Waals surface area contributed by atoms with Gasteiger partial charge in [-0.2, -0.15) is 0 Å². The van der Waals surface area contributed by atoms with Crippen molar-refractivity contribution in [1.82, 2.24) is 4.98 Å². The van der Waals surface area contributed by atoms with E-state index < -0.39 is 9.84 Å². The number of hydrogen-bond acceptors (Lipinski definition) is 5. The number of rotatable bonds is 2. The number of sulfone groups is 1. The molecule has 1 fully saturated rings. The Balaban J connectivity index is 1.76. The molecule has 1 aliphatic rings. The number of nitrogen functional groups attached to an aromatic ring is 1. The van der Waals surface area contributed by atoms with Crippen molar-refractivity contribution in [3.8, 4) is 0 Å². The molecule has 2 heterocycles. The Kier molecular flexibility index (Phi) is 3.25. The van der Waals surface area contributed by atoms with Gasteiger partial charge in [0.1, 0.15) is 15.7 Å². The van der Waals surface area contributed by atoms with Gasteiger partial charge in [0.05, 0.1) is 17.0 Å². The van der Waals surface area contributed by atoms with E-state index in [9.17, 15) is 8.42 Å². The Hall–Kier alpha value is -1.82. The summed E-state index contributed by atoms with van der Waals surface area (Å²) in [4.78, 5) is 4.53. The third kappa shape index (κ3) is 2.85. The normalized spacial score (nSPS) is 19.0. The minimum Gasteiger partial charge on any atom is -0.399 e. The van der Waals surface area contributed by atoms with Gasteiger partial charge in [0.2, 0.25) is 0 Å². The lowest BCUT2D eigenvalue weighted by atomic mass is 10.1. The molecule has 3 N–H and O–H groups in total. The van der Waals surface area contributed by atoms with Crippen LogP contribution in [0.5, 0.6) is 0 Å². The Labute approximate surface area is 118 Å². The van der Waals surface area contributed by atoms with Crippen LogP contribution in [0.4, 0.5) is 11.5 Å². The zero-order chi connectivity index (χ0) is 14.2. The summed E-state index contributed by atoms with van der Waals surface area (Å²) in [5.41, 5.74) is 7.34. The SMILES string of the molecule is Nc1ccc2nc(NC3CCS(=O)(=O)CC3)ccc2c1. The summed E-state index contributed by atoms with van der Waals surface area (Å²) in [6.45, 7) is 0. The van der Waals surface area contributed by atoms with Gasteiger partial charge >= 0.3 is 0 Å². The van der Waals surface area contributed by atoms with E-state index in [1.54, 1.807) is 0 Å². The first-order valence-electron chi connectivity index (χ1n) is 6.65. The molecule has 6 heteroatoms. The zero-order valence-electron chi connectivity index (χ0n) is 11.0. The minimum absolute atomic E-state index is 0.178. The Bertz CT molecular complexity index is 729. The summed E-state index contributed by atoms with van der Waals surface area (Å²) in [6, 6.07) is 9.66. The quantitative estimate of drug-likeness (QED) is 0.824. The number of benzene rings is 1. The maximum atomic E-state index is 11.4. The zero-order valence-corrected chi connectivity index (χ0v) is 11.9. The van der Waals surface area contributed by atoms with Gasteiger partial charge in [-0.3, -0.25) is 0 Å².